The van der Waals surface area contributed by atoms with E-state index >= 15 is 0 Å². The maximum absolute atomic E-state index is 6.14. The predicted molar refractivity (Wildman–Crippen MR) is 132 cm³/mol. The summed E-state index contributed by atoms with van der Waals surface area (Å²) in [6, 6.07) is 6.36. The van der Waals surface area contributed by atoms with Crippen molar-refractivity contribution in [2.45, 2.75) is 46.3 Å². The minimum absolute atomic E-state index is 0.215. The molecule has 180 valence electrons. The molecule has 2 atom stereocenters. The Morgan fingerprint density at radius 2 is 2.06 bits per heavy atom. The van der Waals surface area contributed by atoms with Gasteiger partial charge in [-0.1, -0.05) is 19.1 Å². The van der Waals surface area contributed by atoms with Crippen LogP contribution in [0, 0.1) is 12.8 Å². The molecule has 0 aliphatic carbocycles. The number of nitrogens with one attached hydrogen (secondary N) is 2. The topological polar surface area (TPSA) is 61.4 Å². The smallest absolute Gasteiger partial charge is 0.191 e. The van der Waals surface area contributed by atoms with E-state index in [0.717, 1.165) is 82.5 Å². The third kappa shape index (κ3) is 8.26. The summed E-state index contributed by atoms with van der Waals surface area (Å²) >= 11 is 0. The van der Waals surface area contributed by atoms with Crippen LogP contribution >= 0.6 is 0 Å². The van der Waals surface area contributed by atoms with E-state index in [0.29, 0.717) is 19.1 Å². The average Bonchev–Trinajstić information content (AvgIpc) is 3.30. The Morgan fingerprint density at radius 3 is 2.78 bits per heavy atom. The number of aliphatic imine (C=N–C) groups is 1. The number of benzene rings is 1. The van der Waals surface area contributed by atoms with Crippen molar-refractivity contribution in [2.75, 3.05) is 66.1 Å². The van der Waals surface area contributed by atoms with Crippen LogP contribution in [0.4, 0.5) is 0 Å². The molecule has 1 aromatic rings. The average molecular weight is 446 g/mol. The van der Waals surface area contributed by atoms with Crippen LogP contribution in [0.3, 0.4) is 0 Å². The van der Waals surface area contributed by atoms with Crippen LogP contribution < -0.4 is 15.4 Å². The summed E-state index contributed by atoms with van der Waals surface area (Å²) < 4.78 is 11.9. The molecule has 7 heteroatoms. The van der Waals surface area contributed by atoms with Crippen molar-refractivity contribution in [3.8, 4) is 5.75 Å². The number of guanidine groups is 1. The van der Waals surface area contributed by atoms with Gasteiger partial charge in [-0.15, -0.1) is 0 Å². The fraction of sp³-hybridized carbons (Fsp3) is 0.720. The molecule has 0 spiro atoms. The van der Waals surface area contributed by atoms with E-state index < -0.39 is 0 Å². The van der Waals surface area contributed by atoms with Gasteiger partial charge in [-0.3, -0.25) is 0 Å². The summed E-state index contributed by atoms with van der Waals surface area (Å²) in [7, 11) is 2.20. The van der Waals surface area contributed by atoms with E-state index in [2.05, 4.69) is 66.5 Å². The first-order chi connectivity index (χ1) is 15.5. The Balaban J connectivity index is 1.52. The van der Waals surface area contributed by atoms with Crippen LogP contribution in [0.15, 0.2) is 23.2 Å². The fourth-order valence-electron chi connectivity index (χ4n) is 4.20. The molecule has 0 saturated carbocycles. The lowest BCUT2D eigenvalue weighted by Gasteiger charge is -2.34. The highest BCUT2D eigenvalue weighted by Crippen LogP contribution is 2.23. The highest BCUT2D eigenvalue weighted by atomic mass is 16.5. The van der Waals surface area contributed by atoms with Crippen molar-refractivity contribution in [3.63, 3.8) is 0 Å². The minimum atomic E-state index is 0.215. The van der Waals surface area contributed by atoms with Gasteiger partial charge in [0, 0.05) is 58.0 Å². The molecule has 1 aromatic carbocycles. The van der Waals surface area contributed by atoms with E-state index in [9.17, 15) is 0 Å². The number of rotatable bonds is 10. The molecule has 2 saturated heterocycles. The lowest BCUT2D eigenvalue weighted by atomic mass is 10.1. The molecule has 2 heterocycles. The predicted octanol–water partition coefficient (Wildman–Crippen LogP) is 2.49. The van der Waals surface area contributed by atoms with Gasteiger partial charge in [0.1, 0.15) is 12.4 Å². The van der Waals surface area contributed by atoms with Gasteiger partial charge in [0.25, 0.3) is 0 Å². The van der Waals surface area contributed by atoms with Crippen LogP contribution in [-0.4, -0.2) is 87.9 Å². The lowest BCUT2D eigenvalue weighted by molar-refractivity contribution is 0.0676. The zero-order chi connectivity index (χ0) is 22.8. The molecule has 32 heavy (non-hydrogen) atoms. The van der Waals surface area contributed by atoms with Gasteiger partial charge in [-0.25, -0.2) is 4.99 Å². The van der Waals surface area contributed by atoms with Gasteiger partial charge in [0.05, 0.1) is 12.6 Å². The number of nitrogens with zero attached hydrogens (tertiary/aromatic N) is 3. The molecule has 0 bridgehead atoms. The number of hydrogen-bond acceptors (Lipinski definition) is 5. The first kappa shape index (κ1) is 24.8. The zero-order valence-corrected chi connectivity index (χ0v) is 20.5. The zero-order valence-electron chi connectivity index (χ0n) is 20.5. The standard InChI is InChI=1S/C25H43N5O2/c1-5-26-25(27-16-21(3)18-30-12-10-29(4)11-13-30)28-17-22-9-8-20(2)15-24(22)32-19-23-7-6-14-31-23/h8-9,15,21,23H,5-7,10-14,16-19H2,1-4H3,(H2,26,27,28). The fourth-order valence-corrected chi connectivity index (χ4v) is 4.20. The van der Waals surface area contributed by atoms with E-state index in [1.54, 1.807) is 0 Å². The van der Waals surface area contributed by atoms with Gasteiger partial charge in [0.15, 0.2) is 5.96 Å². The van der Waals surface area contributed by atoms with Gasteiger partial charge in [0.2, 0.25) is 0 Å². The second-order valence-electron chi connectivity index (χ2n) is 9.34. The molecule has 0 radical (unpaired) electrons. The van der Waals surface area contributed by atoms with E-state index in [1.165, 1.54) is 5.56 Å². The molecule has 2 unspecified atom stereocenters. The lowest BCUT2D eigenvalue weighted by Crippen LogP contribution is -2.47. The minimum Gasteiger partial charge on any atom is -0.491 e. The van der Waals surface area contributed by atoms with Crippen molar-refractivity contribution in [1.29, 1.82) is 0 Å². The highest BCUT2D eigenvalue weighted by Gasteiger charge is 2.18. The van der Waals surface area contributed by atoms with Crippen LogP contribution in [0.5, 0.6) is 5.75 Å². The maximum Gasteiger partial charge on any atom is 0.191 e. The summed E-state index contributed by atoms with van der Waals surface area (Å²) in [4.78, 5) is 9.82. The Hall–Kier alpha value is -1.83. The van der Waals surface area contributed by atoms with Crippen molar-refractivity contribution >= 4 is 5.96 Å². The van der Waals surface area contributed by atoms with Crippen LogP contribution in [0.2, 0.25) is 0 Å². The van der Waals surface area contributed by atoms with Crippen molar-refractivity contribution in [1.82, 2.24) is 20.4 Å². The second kappa shape index (κ2) is 13.0. The first-order valence-corrected chi connectivity index (χ1v) is 12.3. The highest BCUT2D eigenvalue weighted by molar-refractivity contribution is 5.79. The summed E-state index contributed by atoms with van der Waals surface area (Å²) in [5.41, 5.74) is 2.30. The normalized spacial score (nSPS) is 21.5. The first-order valence-electron chi connectivity index (χ1n) is 12.3. The summed E-state index contributed by atoms with van der Waals surface area (Å²) in [5, 5.41) is 6.92. The number of aryl methyl sites for hydroxylation is 1. The number of piperazine rings is 1. The van der Waals surface area contributed by atoms with Crippen molar-refractivity contribution in [2.24, 2.45) is 10.9 Å². The third-order valence-corrected chi connectivity index (χ3v) is 6.21. The van der Waals surface area contributed by atoms with Gasteiger partial charge >= 0.3 is 0 Å². The third-order valence-electron chi connectivity index (χ3n) is 6.21. The SMILES string of the molecule is CCNC(=NCc1ccc(C)cc1OCC1CCCO1)NCC(C)CN1CCN(C)CC1. The van der Waals surface area contributed by atoms with Gasteiger partial charge in [-0.2, -0.15) is 0 Å². The quantitative estimate of drug-likeness (QED) is 0.426. The van der Waals surface area contributed by atoms with E-state index in [4.69, 9.17) is 14.5 Å². The summed E-state index contributed by atoms with van der Waals surface area (Å²) in [6.45, 7) is 16.1. The number of likely N-dealkylation sites (N-methyl/N-ethyl adjacent to an activating group) is 1. The summed E-state index contributed by atoms with van der Waals surface area (Å²) in [5.74, 6) is 2.35. The molecule has 7 nitrogen and oxygen atoms in total. The number of hydrogen-bond donors (Lipinski definition) is 2. The molecular weight excluding hydrogens is 402 g/mol. The Bertz CT molecular complexity index is 712. The van der Waals surface area contributed by atoms with E-state index in [1.807, 2.05) is 0 Å². The van der Waals surface area contributed by atoms with E-state index in [-0.39, 0.29) is 6.10 Å². The molecule has 2 fully saturated rings. The second-order valence-corrected chi connectivity index (χ2v) is 9.34. The molecule has 3 rings (SSSR count). The largest absolute Gasteiger partial charge is 0.491 e. The van der Waals surface area contributed by atoms with Crippen LogP contribution in [0.1, 0.15) is 37.8 Å². The van der Waals surface area contributed by atoms with Gasteiger partial charge < -0.3 is 29.9 Å². The molecule has 2 aliphatic rings. The monoisotopic (exact) mass is 445 g/mol. The molecule has 0 amide bonds. The number of ether oxygens (including phenoxy) is 2. The van der Waals surface area contributed by atoms with Crippen molar-refractivity contribution < 1.29 is 9.47 Å². The Labute approximate surface area is 194 Å². The van der Waals surface area contributed by atoms with Crippen LogP contribution in [-0.2, 0) is 11.3 Å². The summed E-state index contributed by atoms with van der Waals surface area (Å²) in [6.07, 6.45) is 2.43. The molecule has 0 aromatic heterocycles. The Kier molecular flexibility index (Phi) is 10.1. The molecule has 2 aliphatic heterocycles. The Morgan fingerprint density at radius 1 is 1.25 bits per heavy atom. The van der Waals surface area contributed by atoms with Crippen LogP contribution in [0.25, 0.3) is 0 Å². The maximum atomic E-state index is 6.14. The molecule has 2 N–H and O–H groups in total. The molecular formula is C25H43N5O2. The van der Waals surface area contributed by atoms with Gasteiger partial charge in [-0.05, 0) is 51.3 Å². The van der Waals surface area contributed by atoms with Crippen molar-refractivity contribution in [3.05, 3.63) is 29.3 Å².